The van der Waals surface area contributed by atoms with Crippen molar-refractivity contribution in [2.45, 2.75) is 139 Å². The molecule has 4 aromatic rings. The van der Waals surface area contributed by atoms with Crippen molar-refractivity contribution < 1.29 is 53.1 Å². The molecule has 87 heavy (non-hydrogen) atoms. The molecule has 0 radical (unpaired) electrons. The number of H-pyrrole nitrogens is 2. The summed E-state index contributed by atoms with van der Waals surface area (Å²) in [6, 6.07) is 3.90. The number of nitrogens with one attached hydrogen (secondary N) is 13. The molecule has 22 N–H and O–H groups in total. The Labute approximate surface area is 507 Å². The third-order valence-electron chi connectivity index (χ3n) is 14.4. The minimum atomic E-state index is -1.48. The Morgan fingerprint density at radius 2 is 1.22 bits per heavy atom. The maximum atomic E-state index is 14.9. The number of hydrogen-bond acceptors (Lipinski definition) is 15. The van der Waals surface area contributed by atoms with Gasteiger partial charge in [0.25, 0.3) is 0 Å². The summed E-state index contributed by atoms with van der Waals surface area (Å²) >= 11 is 4.41. The molecule has 0 unspecified atom stereocenters. The summed E-state index contributed by atoms with van der Waals surface area (Å²) in [5.41, 5.74) is 24.8. The van der Waals surface area contributed by atoms with Gasteiger partial charge < -0.3 is 90.8 Å². The lowest BCUT2D eigenvalue weighted by Gasteiger charge is -2.31. The smallest absolute Gasteiger partial charge is 0.303 e. The number of imidazole rings is 1. The number of hydrogen-bond donors (Lipinski definition) is 19. The largest absolute Gasteiger partial charge is 0.481 e. The molecule has 31 heteroatoms. The fraction of sp³-hybridized carbons (Fsp3) is 0.482. The molecule has 3 heterocycles. The van der Waals surface area contributed by atoms with Crippen LogP contribution in [0, 0.1) is 16.7 Å². The molecule has 472 valence electrons. The summed E-state index contributed by atoms with van der Waals surface area (Å²) in [6.07, 6.45) is 4.17. The average molecular weight is 1230 g/mol. The molecule has 0 aliphatic carbocycles. The molecule has 2 aromatic heterocycles. The number of primary amides is 1. The van der Waals surface area contributed by atoms with E-state index in [0.29, 0.717) is 34.1 Å². The number of likely N-dealkylation sites (tertiary alicyclic amines) is 1. The van der Waals surface area contributed by atoms with Crippen LogP contribution < -0.4 is 70.8 Å². The highest BCUT2D eigenvalue weighted by Gasteiger charge is 2.40. The van der Waals surface area contributed by atoms with Gasteiger partial charge in [0.1, 0.15) is 48.3 Å². The van der Waals surface area contributed by atoms with Crippen molar-refractivity contribution in [2.75, 3.05) is 25.4 Å². The van der Waals surface area contributed by atoms with Gasteiger partial charge in [0.05, 0.1) is 18.1 Å². The van der Waals surface area contributed by atoms with E-state index in [2.05, 4.69) is 75.4 Å². The van der Waals surface area contributed by atoms with Crippen LogP contribution in [-0.4, -0.2) is 176 Å². The van der Waals surface area contributed by atoms with Crippen molar-refractivity contribution >= 4 is 94.6 Å². The first kappa shape index (κ1) is 68.5. The van der Waals surface area contributed by atoms with Gasteiger partial charge in [0.15, 0.2) is 11.9 Å². The summed E-state index contributed by atoms with van der Waals surface area (Å²) < 4.78 is 0. The Hall–Kier alpha value is -9.26. The SMILES string of the molecule is CC(C)[C@H](NC(=O)[C@@H]1CCCN1C(=O)[C@H](CCCNC(=N)N)NC(=O)[C@H](CS)NC(=O)[C@H](Cc1c[nH]c2ccccc12)NC(=O)[C@H](CCCNC(=N)N)NC(=O)[C@@H](Cc1ccccc1)NC(=O)[C@H](Cc1c[nH]cn1)NC(=O)[C@@H](N)CCC(=O)O)C(N)=O. The fourth-order valence-corrected chi connectivity index (χ4v) is 10.0. The number of thiol groups is 1. The zero-order valence-corrected chi connectivity index (χ0v) is 49.4. The molecular weight excluding hydrogens is 1150 g/mol. The third kappa shape index (κ3) is 21.6. The number of fused-ring (bicyclic) bond motifs is 1. The van der Waals surface area contributed by atoms with Gasteiger partial charge in [0.2, 0.25) is 53.2 Å². The number of carboxylic acid groups (broad SMARTS) is 1. The average Bonchev–Trinajstić information content (AvgIpc) is 2.64. The Bertz CT molecular complexity index is 3040. The minimum absolute atomic E-state index is 0.0177. The summed E-state index contributed by atoms with van der Waals surface area (Å²) in [4.78, 5) is 149. The highest BCUT2D eigenvalue weighted by atomic mass is 32.1. The molecule has 2 aromatic carbocycles. The van der Waals surface area contributed by atoms with Gasteiger partial charge in [-0.1, -0.05) is 62.4 Å². The zero-order valence-electron chi connectivity index (χ0n) is 48.5. The maximum absolute atomic E-state index is 14.9. The first-order chi connectivity index (χ1) is 41.4. The molecule has 0 bridgehead atoms. The topological polar surface area (TPSA) is 499 Å². The number of nitrogens with two attached hydrogens (primary N) is 4. The number of benzene rings is 2. The predicted molar refractivity (Wildman–Crippen MR) is 324 cm³/mol. The van der Waals surface area contributed by atoms with Crippen molar-refractivity contribution in [1.29, 1.82) is 10.8 Å². The highest BCUT2D eigenvalue weighted by molar-refractivity contribution is 7.80. The van der Waals surface area contributed by atoms with Crippen LogP contribution in [0.3, 0.4) is 0 Å². The van der Waals surface area contributed by atoms with E-state index in [1.54, 1.807) is 74.6 Å². The highest BCUT2D eigenvalue weighted by Crippen LogP contribution is 2.22. The normalized spacial score (nSPS) is 15.6. The summed E-state index contributed by atoms with van der Waals surface area (Å²) in [6.45, 7) is 3.74. The number of aromatic amines is 2. The van der Waals surface area contributed by atoms with Crippen LogP contribution in [0.4, 0.5) is 0 Å². The Balaban J connectivity index is 1.44. The first-order valence-electron chi connectivity index (χ1n) is 28.5. The van der Waals surface area contributed by atoms with Crippen LogP contribution in [0.15, 0.2) is 73.3 Å². The lowest BCUT2D eigenvalue weighted by atomic mass is 10.0. The lowest BCUT2D eigenvalue weighted by molar-refractivity contribution is -0.142. The fourth-order valence-electron chi connectivity index (χ4n) is 9.76. The molecular formula is C56H81N19O11S. The standard InChI is InChI=1S/C56H81N19O11S/c1-30(2)45(46(58)78)74-53(85)43-17-10-22-75(43)54(86)38(16-9-21-65-56(61)62)69-52(84)42(28-87)73-50(82)40(24-32-26-66-36-14-7-6-13-34(32)36)72-48(80)37(15-8-20-64-55(59)60)68-49(81)39(23-31-11-4-3-5-12-31)71-51(83)41(25-33-27-63-29-67-33)70-47(79)35(57)18-19-44(76)77/h3-7,11-14,26-27,29-30,35,37-43,45,66,87H,8-10,15-25,28,57H2,1-2H3,(H2,58,78)(H,63,67)(H,68,81)(H,69,84)(H,70,79)(H,71,83)(H,72,80)(H,73,82)(H,74,85)(H,76,77)(H4,59,60,64)(H4,61,62,65)/t35-,37-,38-,39+,40-,41-,42-,43-,45-/m0/s1. The van der Waals surface area contributed by atoms with Crippen LogP contribution in [0.25, 0.3) is 10.9 Å². The lowest BCUT2D eigenvalue weighted by Crippen LogP contribution is -2.61. The van der Waals surface area contributed by atoms with Crippen molar-refractivity contribution in [1.82, 2.24) is 67.7 Å². The molecule has 30 nitrogen and oxygen atoms in total. The first-order valence-corrected chi connectivity index (χ1v) is 29.1. The number of aromatic nitrogens is 3. The van der Waals surface area contributed by atoms with E-state index < -0.39 is 120 Å². The van der Waals surface area contributed by atoms with Crippen molar-refractivity contribution in [3.05, 3.63) is 90.1 Å². The number of guanidine groups is 2. The second-order valence-corrected chi connectivity index (χ2v) is 21.8. The molecule has 1 fully saturated rings. The van der Waals surface area contributed by atoms with Gasteiger partial charge in [-0.25, -0.2) is 4.98 Å². The number of carbonyl (C=O) groups is 10. The number of para-hydroxylation sites is 1. The molecule has 1 aliphatic heterocycles. The van der Waals surface area contributed by atoms with E-state index in [0.717, 1.165) is 0 Å². The monoisotopic (exact) mass is 1230 g/mol. The van der Waals surface area contributed by atoms with Crippen molar-refractivity contribution in [2.24, 2.45) is 28.9 Å². The molecule has 1 saturated heterocycles. The van der Waals surface area contributed by atoms with Crippen LogP contribution >= 0.6 is 12.6 Å². The van der Waals surface area contributed by atoms with Crippen molar-refractivity contribution in [3.8, 4) is 0 Å². The number of amides is 9. The second kappa shape index (κ2) is 34.0. The molecule has 1 aliphatic rings. The molecule has 9 atom stereocenters. The maximum Gasteiger partial charge on any atom is 0.303 e. The Morgan fingerprint density at radius 1 is 0.678 bits per heavy atom. The van der Waals surface area contributed by atoms with Crippen LogP contribution in [0.5, 0.6) is 0 Å². The van der Waals surface area contributed by atoms with E-state index >= 15 is 0 Å². The molecule has 0 spiro atoms. The number of aliphatic carboxylic acids is 1. The third-order valence-corrected chi connectivity index (χ3v) is 14.8. The van der Waals surface area contributed by atoms with Gasteiger partial charge in [-0.2, -0.15) is 12.6 Å². The Kier molecular flexibility index (Phi) is 26.8. The van der Waals surface area contributed by atoms with Crippen LogP contribution in [0.2, 0.25) is 0 Å². The Morgan fingerprint density at radius 3 is 1.80 bits per heavy atom. The number of carbonyl (C=O) groups excluding carboxylic acids is 9. The number of rotatable bonds is 35. The van der Waals surface area contributed by atoms with Gasteiger partial charge in [-0.3, -0.25) is 58.8 Å². The minimum Gasteiger partial charge on any atom is -0.481 e. The number of nitrogens with zero attached hydrogens (tertiary/aromatic N) is 2. The van der Waals surface area contributed by atoms with Crippen LogP contribution in [0.1, 0.15) is 82.0 Å². The van der Waals surface area contributed by atoms with E-state index in [9.17, 15) is 53.1 Å². The predicted octanol–water partition coefficient (Wildman–Crippen LogP) is -2.91. The zero-order chi connectivity index (χ0) is 63.7. The van der Waals surface area contributed by atoms with E-state index in [4.69, 9.17) is 33.8 Å². The summed E-state index contributed by atoms with van der Waals surface area (Å²) in [5, 5.41) is 49.3. The summed E-state index contributed by atoms with van der Waals surface area (Å²) in [5.74, 6) is -9.75. The molecule has 5 rings (SSSR count). The van der Waals surface area contributed by atoms with Gasteiger partial charge in [-0.15, -0.1) is 0 Å². The number of carboxylic acids is 1. The van der Waals surface area contributed by atoms with Gasteiger partial charge >= 0.3 is 5.97 Å². The quantitative estimate of drug-likeness (QED) is 0.00950. The molecule has 9 amide bonds. The summed E-state index contributed by atoms with van der Waals surface area (Å²) in [7, 11) is 0. The van der Waals surface area contributed by atoms with E-state index in [1.165, 1.54) is 17.4 Å². The van der Waals surface area contributed by atoms with Crippen LogP contribution in [-0.2, 0) is 67.2 Å². The van der Waals surface area contributed by atoms with Crippen molar-refractivity contribution in [3.63, 3.8) is 0 Å². The second-order valence-electron chi connectivity index (χ2n) is 21.4. The molecule has 0 saturated carbocycles. The van der Waals surface area contributed by atoms with Gasteiger partial charge in [-0.05, 0) is 68.1 Å². The van der Waals surface area contributed by atoms with Gasteiger partial charge in [0, 0.05) is 74.4 Å². The van der Waals surface area contributed by atoms with E-state index in [1.807, 2.05) is 0 Å². The van der Waals surface area contributed by atoms with E-state index in [-0.39, 0.29) is 101 Å².